The molecule has 0 atom stereocenters. The van der Waals surface area contributed by atoms with Gasteiger partial charge in [-0.05, 0) is 49.1 Å². The average Bonchev–Trinajstić information content (AvgIpc) is 3.31. The van der Waals surface area contributed by atoms with Crippen LogP contribution in [0, 0.1) is 5.82 Å². The number of unbranched alkanes of at least 4 members (excludes halogenated alkanes) is 1. The first-order valence-electron chi connectivity index (χ1n) is 13.0. The molecule has 1 aromatic heterocycles. The van der Waals surface area contributed by atoms with E-state index in [0.717, 1.165) is 49.8 Å². The van der Waals surface area contributed by atoms with Gasteiger partial charge in [0.25, 0.3) is 0 Å². The predicted molar refractivity (Wildman–Crippen MR) is 135 cm³/mol. The molecule has 0 bridgehead atoms. The van der Waals surface area contributed by atoms with Gasteiger partial charge in [0.05, 0.1) is 19.7 Å². The SMILES string of the molecule is CCCCC(=O)N(CCOC)CC(=O)N(Cc1cccn1Cc1ccc(F)cc1)C1CCCCC1. The maximum Gasteiger partial charge on any atom is 0.242 e. The van der Waals surface area contributed by atoms with Crippen LogP contribution < -0.4 is 0 Å². The van der Waals surface area contributed by atoms with Gasteiger partial charge in [-0.1, -0.05) is 44.7 Å². The molecule has 0 aliphatic heterocycles. The Balaban J connectivity index is 1.76. The Labute approximate surface area is 209 Å². The fourth-order valence-corrected chi connectivity index (χ4v) is 4.76. The second kappa shape index (κ2) is 14.0. The van der Waals surface area contributed by atoms with Crippen LogP contribution in [-0.2, 0) is 27.4 Å². The number of methoxy groups -OCH3 is 1. The third-order valence-corrected chi connectivity index (χ3v) is 6.85. The normalized spacial score (nSPS) is 14.1. The largest absolute Gasteiger partial charge is 0.383 e. The Morgan fingerprint density at radius 2 is 1.83 bits per heavy atom. The molecule has 35 heavy (non-hydrogen) atoms. The van der Waals surface area contributed by atoms with Gasteiger partial charge in [0, 0.05) is 44.6 Å². The fraction of sp³-hybridized carbons (Fsp3) is 0.571. The summed E-state index contributed by atoms with van der Waals surface area (Å²) in [6, 6.07) is 10.7. The summed E-state index contributed by atoms with van der Waals surface area (Å²) in [5.74, 6) is -0.241. The third-order valence-electron chi connectivity index (χ3n) is 6.85. The maximum atomic E-state index is 13.7. The highest BCUT2D eigenvalue weighted by Gasteiger charge is 2.28. The Hall–Kier alpha value is -2.67. The zero-order valence-corrected chi connectivity index (χ0v) is 21.3. The zero-order valence-electron chi connectivity index (χ0n) is 21.3. The summed E-state index contributed by atoms with van der Waals surface area (Å²) in [6.07, 6.45) is 9.64. The fourth-order valence-electron chi connectivity index (χ4n) is 4.76. The lowest BCUT2D eigenvalue weighted by Gasteiger charge is -2.36. The molecule has 2 amide bonds. The van der Waals surface area contributed by atoms with Crippen molar-refractivity contribution in [1.82, 2.24) is 14.4 Å². The van der Waals surface area contributed by atoms with Crippen molar-refractivity contribution in [3.8, 4) is 0 Å². The van der Waals surface area contributed by atoms with Crippen LogP contribution in [0.3, 0.4) is 0 Å². The molecule has 1 aliphatic rings. The number of hydrogen-bond donors (Lipinski definition) is 0. The molecular weight excluding hydrogens is 445 g/mol. The molecule has 0 unspecified atom stereocenters. The van der Waals surface area contributed by atoms with Gasteiger partial charge in [-0.2, -0.15) is 0 Å². The minimum Gasteiger partial charge on any atom is -0.383 e. The van der Waals surface area contributed by atoms with Crippen molar-refractivity contribution < 1.29 is 18.7 Å². The topological polar surface area (TPSA) is 54.8 Å². The summed E-state index contributed by atoms with van der Waals surface area (Å²) in [5.41, 5.74) is 2.04. The Morgan fingerprint density at radius 3 is 2.51 bits per heavy atom. The molecule has 7 heteroatoms. The quantitative estimate of drug-likeness (QED) is 0.401. The number of ether oxygens (including phenoxy) is 1. The number of amides is 2. The Bertz CT molecular complexity index is 922. The van der Waals surface area contributed by atoms with Crippen LogP contribution in [0.1, 0.15) is 69.5 Å². The van der Waals surface area contributed by atoms with Gasteiger partial charge in [-0.15, -0.1) is 0 Å². The summed E-state index contributed by atoms with van der Waals surface area (Å²) in [4.78, 5) is 30.1. The molecule has 1 heterocycles. The molecule has 1 saturated carbocycles. The first-order chi connectivity index (χ1) is 17.0. The van der Waals surface area contributed by atoms with E-state index in [9.17, 15) is 14.0 Å². The van der Waals surface area contributed by atoms with Crippen molar-refractivity contribution in [2.24, 2.45) is 0 Å². The molecule has 0 saturated heterocycles. The number of hydrogen-bond acceptors (Lipinski definition) is 3. The Kier molecular flexibility index (Phi) is 10.8. The highest BCUT2D eigenvalue weighted by atomic mass is 19.1. The molecule has 2 aromatic rings. The Morgan fingerprint density at radius 1 is 1.09 bits per heavy atom. The van der Waals surface area contributed by atoms with E-state index in [1.54, 1.807) is 24.1 Å². The van der Waals surface area contributed by atoms with Crippen molar-refractivity contribution >= 4 is 11.8 Å². The van der Waals surface area contributed by atoms with E-state index in [0.29, 0.717) is 32.7 Å². The number of halogens is 1. The standard InChI is InChI=1S/C28H40FN3O3/c1-3-4-12-27(33)31(18-19-35-2)22-28(34)32(25-9-6-5-7-10-25)21-26-11-8-17-30(26)20-23-13-15-24(29)16-14-23/h8,11,13-17,25H,3-7,9-10,12,18-22H2,1-2H3. The van der Waals surface area contributed by atoms with Crippen molar-refractivity contribution in [3.63, 3.8) is 0 Å². The lowest BCUT2D eigenvalue weighted by molar-refractivity contribution is -0.143. The van der Waals surface area contributed by atoms with Crippen LogP contribution in [0.4, 0.5) is 4.39 Å². The van der Waals surface area contributed by atoms with E-state index in [4.69, 9.17) is 4.74 Å². The molecule has 0 spiro atoms. The van der Waals surface area contributed by atoms with Crippen LogP contribution in [0.2, 0.25) is 0 Å². The molecule has 3 rings (SSSR count). The van der Waals surface area contributed by atoms with Crippen molar-refractivity contribution in [3.05, 3.63) is 59.7 Å². The van der Waals surface area contributed by atoms with E-state index in [2.05, 4.69) is 11.5 Å². The van der Waals surface area contributed by atoms with Crippen LogP contribution >= 0.6 is 0 Å². The summed E-state index contributed by atoms with van der Waals surface area (Å²) in [5, 5.41) is 0. The van der Waals surface area contributed by atoms with Crippen molar-refractivity contribution in [2.75, 3.05) is 26.8 Å². The van der Waals surface area contributed by atoms with Crippen LogP contribution in [0.5, 0.6) is 0 Å². The lowest BCUT2D eigenvalue weighted by Crippen LogP contribution is -2.48. The highest BCUT2D eigenvalue weighted by molar-refractivity contribution is 5.85. The average molecular weight is 486 g/mol. The van der Waals surface area contributed by atoms with Gasteiger partial charge in [0.1, 0.15) is 5.82 Å². The molecule has 1 fully saturated rings. The van der Waals surface area contributed by atoms with Crippen LogP contribution in [-0.4, -0.2) is 59.0 Å². The van der Waals surface area contributed by atoms with E-state index in [1.807, 2.05) is 23.2 Å². The van der Waals surface area contributed by atoms with Gasteiger partial charge in [0.15, 0.2) is 0 Å². The van der Waals surface area contributed by atoms with Crippen molar-refractivity contribution in [2.45, 2.75) is 77.4 Å². The lowest BCUT2D eigenvalue weighted by atomic mass is 9.94. The zero-order chi connectivity index (χ0) is 25.0. The van der Waals surface area contributed by atoms with Crippen molar-refractivity contribution in [1.29, 1.82) is 0 Å². The van der Waals surface area contributed by atoms with Gasteiger partial charge in [-0.25, -0.2) is 4.39 Å². The number of carbonyl (C=O) groups is 2. The minimum atomic E-state index is -0.248. The molecule has 0 N–H and O–H groups in total. The van der Waals surface area contributed by atoms with E-state index in [-0.39, 0.29) is 30.2 Å². The monoisotopic (exact) mass is 485 g/mol. The number of aromatic nitrogens is 1. The van der Waals surface area contributed by atoms with Crippen LogP contribution in [0.15, 0.2) is 42.6 Å². The molecule has 192 valence electrons. The van der Waals surface area contributed by atoms with E-state index in [1.165, 1.54) is 18.6 Å². The second-order valence-corrected chi connectivity index (χ2v) is 9.48. The summed E-state index contributed by atoms with van der Waals surface area (Å²) in [7, 11) is 1.61. The molecular formula is C28H40FN3O3. The molecule has 0 radical (unpaired) electrons. The summed E-state index contributed by atoms with van der Waals surface area (Å²) < 4.78 is 20.7. The van der Waals surface area contributed by atoms with Gasteiger partial charge in [0.2, 0.25) is 11.8 Å². The number of nitrogens with zero attached hydrogens (tertiary/aromatic N) is 3. The molecule has 1 aliphatic carbocycles. The number of carbonyl (C=O) groups excluding carboxylic acids is 2. The minimum absolute atomic E-state index is 0.00705. The van der Waals surface area contributed by atoms with Gasteiger partial charge >= 0.3 is 0 Å². The predicted octanol–water partition coefficient (Wildman–Crippen LogP) is 5.00. The molecule has 1 aromatic carbocycles. The first-order valence-corrected chi connectivity index (χ1v) is 13.0. The maximum absolute atomic E-state index is 13.7. The van der Waals surface area contributed by atoms with Gasteiger partial charge in [-0.3, -0.25) is 9.59 Å². The summed E-state index contributed by atoms with van der Waals surface area (Å²) in [6.45, 7) is 4.09. The molecule has 6 nitrogen and oxygen atoms in total. The highest BCUT2D eigenvalue weighted by Crippen LogP contribution is 2.25. The smallest absolute Gasteiger partial charge is 0.242 e. The second-order valence-electron chi connectivity index (χ2n) is 9.48. The third kappa shape index (κ3) is 8.20. The van der Waals surface area contributed by atoms with E-state index < -0.39 is 0 Å². The van der Waals surface area contributed by atoms with Crippen LogP contribution in [0.25, 0.3) is 0 Å². The number of rotatable bonds is 13. The number of benzene rings is 1. The first kappa shape index (κ1) is 26.9. The van der Waals surface area contributed by atoms with Gasteiger partial charge < -0.3 is 19.1 Å². The van der Waals surface area contributed by atoms with E-state index >= 15 is 0 Å². The summed E-state index contributed by atoms with van der Waals surface area (Å²) >= 11 is 0.